The molecule has 1 heterocycles. The highest BCUT2D eigenvalue weighted by Gasteiger charge is 2.28. The van der Waals surface area contributed by atoms with Gasteiger partial charge in [0.2, 0.25) is 0 Å². The second-order valence-corrected chi connectivity index (χ2v) is 2.69. The first kappa shape index (κ1) is 8.93. The minimum atomic E-state index is -0.662. The van der Waals surface area contributed by atoms with Crippen molar-refractivity contribution in [2.24, 2.45) is 0 Å². The molecule has 0 aromatic rings. The van der Waals surface area contributed by atoms with Crippen molar-refractivity contribution in [3.05, 3.63) is 0 Å². The Hall–Kier alpha value is -0.160. The van der Waals surface area contributed by atoms with Gasteiger partial charge in [0.05, 0.1) is 18.8 Å². The molecule has 0 radical (unpaired) electrons. The number of aliphatic hydroxyl groups excluding tert-OH is 1. The van der Waals surface area contributed by atoms with E-state index in [1.54, 1.807) is 7.11 Å². The first-order chi connectivity index (χ1) is 5.27. The Morgan fingerprint density at radius 2 is 2.36 bits per heavy atom. The first-order valence-corrected chi connectivity index (χ1v) is 3.77. The summed E-state index contributed by atoms with van der Waals surface area (Å²) in [4.78, 5) is 0. The Labute approximate surface area is 66.5 Å². The summed E-state index contributed by atoms with van der Waals surface area (Å²) in [6.07, 6.45) is -0.0598. The van der Waals surface area contributed by atoms with Crippen molar-refractivity contribution in [1.82, 2.24) is 5.32 Å². The van der Waals surface area contributed by atoms with Crippen molar-refractivity contribution in [3.8, 4) is 0 Å². The minimum absolute atomic E-state index is 0.0590. The van der Waals surface area contributed by atoms with Gasteiger partial charge in [-0.2, -0.15) is 0 Å². The lowest BCUT2D eigenvalue weighted by Gasteiger charge is -2.32. The third kappa shape index (κ3) is 2.13. The predicted molar refractivity (Wildman–Crippen MR) is 40.2 cm³/mol. The smallest absolute Gasteiger partial charge is 0.157 e. The second-order valence-electron chi connectivity index (χ2n) is 2.69. The molecule has 4 nitrogen and oxygen atoms in total. The number of nitrogens with one attached hydrogen (secondary N) is 1. The molecular weight excluding hydrogens is 146 g/mol. The molecular formula is C7H15NO3. The molecule has 0 aromatic heterocycles. The van der Waals surface area contributed by atoms with Gasteiger partial charge in [0.25, 0.3) is 0 Å². The highest BCUT2D eigenvalue weighted by Crippen LogP contribution is 2.14. The average molecular weight is 161 g/mol. The highest BCUT2D eigenvalue weighted by atomic mass is 16.6. The highest BCUT2D eigenvalue weighted by molar-refractivity contribution is 4.79. The molecule has 0 bridgehead atoms. The Balaban J connectivity index is 2.41. The maximum atomic E-state index is 9.09. The molecule has 11 heavy (non-hydrogen) atoms. The largest absolute Gasteiger partial charge is 0.380 e. The summed E-state index contributed by atoms with van der Waals surface area (Å²) in [7, 11) is 3.50. The van der Waals surface area contributed by atoms with Crippen LogP contribution in [0.1, 0.15) is 6.42 Å². The van der Waals surface area contributed by atoms with Gasteiger partial charge in [0.15, 0.2) is 6.29 Å². The van der Waals surface area contributed by atoms with Gasteiger partial charge in [0.1, 0.15) is 0 Å². The van der Waals surface area contributed by atoms with Crippen molar-refractivity contribution < 1.29 is 14.6 Å². The van der Waals surface area contributed by atoms with E-state index in [1.165, 1.54) is 0 Å². The number of likely N-dealkylation sites (N-methyl/N-ethyl adjacent to an activating group) is 1. The van der Waals surface area contributed by atoms with Crippen LogP contribution < -0.4 is 5.32 Å². The topological polar surface area (TPSA) is 50.7 Å². The maximum absolute atomic E-state index is 9.09. The summed E-state index contributed by atoms with van der Waals surface area (Å²) in [6.45, 7) is 0.510. The molecule has 1 aliphatic heterocycles. The molecule has 1 saturated heterocycles. The SMILES string of the molecule is CN[C@H]1CO[C@@H](O)C[C@@H]1OC. The van der Waals surface area contributed by atoms with E-state index >= 15 is 0 Å². The van der Waals surface area contributed by atoms with Crippen LogP contribution in [-0.2, 0) is 9.47 Å². The van der Waals surface area contributed by atoms with Gasteiger partial charge in [-0.05, 0) is 7.05 Å². The molecule has 0 aromatic carbocycles. The van der Waals surface area contributed by atoms with E-state index in [2.05, 4.69) is 5.32 Å². The van der Waals surface area contributed by atoms with E-state index in [1.807, 2.05) is 7.05 Å². The van der Waals surface area contributed by atoms with Crippen molar-refractivity contribution in [3.63, 3.8) is 0 Å². The second kappa shape index (κ2) is 4.01. The van der Waals surface area contributed by atoms with E-state index in [0.29, 0.717) is 13.0 Å². The van der Waals surface area contributed by atoms with Crippen molar-refractivity contribution in [2.45, 2.75) is 24.9 Å². The summed E-state index contributed by atoms with van der Waals surface area (Å²) in [6, 6.07) is 0.198. The summed E-state index contributed by atoms with van der Waals surface area (Å²) >= 11 is 0. The molecule has 1 aliphatic rings. The van der Waals surface area contributed by atoms with Crippen LogP contribution in [0.2, 0.25) is 0 Å². The zero-order chi connectivity index (χ0) is 8.27. The number of aliphatic hydroxyl groups is 1. The van der Waals surface area contributed by atoms with Crippen molar-refractivity contribution in [2.75, 3.05) is 20.8 Å². The molecule has 66 valence electrons. The predicted octanol–water partition coefficient (Wildman–Crippen LogP) is -0.672. The van der Waals surface area contributed by atoms with E-state index < -0.39 is 6.29 Å². The van der Waals surface area contributed by atoms with Crippen LogP contribution in [-0.4, -0.2) is 44.3 Å². The number of ether oxygens (including phenoxy) is 2. The lowest BCUT2D eigenvalue weighted by atomic mass is 10.1. The van der Waals surface area contributed by atoms with E-state index in [0.717, 1.165) is 0 Å². The Morgan fingerprint density at radius 3 is 2.91 bits per heavy atom. The number of hydrogen-bond donors (Lipinski definition) is 2. The van der Waals surface area contributed by atoms with Crippen LogP contribution >= 0.6 is 0 Å². The van der Waals surface area contributed by atoms with Crippen LogP contribution in [0.15, 0.2) is 0 Å². The molecule has 0 spiro atoms. The molecule has 1 rings (SSSR count). The standard InChI is InChI=1S/C7H15NO3/c1-8-5-4-11-7(9)3-6(5)10-2/h5-9H,3-4H2,1-2H3/t5-,6-,7+/m0/s1. The zero-order valence-electron chi connectivity index (χ0n) is 6.91. The van der Waals surface area contributed by atoms with Crippen molar-refractivity contribution in [1.29, 1.82) is 0 Å². The zero-order valence-corrected chi connectivity index (χ0v) is 6.91. The van der Waals surface area contributed by atoms with Crippen LogP contribution in [0.25, 0.3) is 0 Å². The molecule has 0 unspecified atom stereocenters. The van der Waals surface area contributed by atoms with Gasteiger partial charge in [-0.3, -0.25) is 0 Å². The lowest BCUT2D eigenvalue weighted by Crippen LogP contribution is -2.49. The van der Waals surface area contributed by atoms with Gasteiger partial charge < -0.3 is 19.9 Å². The lowest BCUT2D eigenvalue weighted by molar-refractivity contribution is -0.169. The number of methoxy groups -OCH3 is 1. The van der Waals surface area contributed by atoms with Crippen LogP contribution in [0.4, 0.5) is 0 Å². The summed E-state index contributed by atoms with van der Waals surface area (Å²) in [5.41, 5.74) is 0. The quantitative estimate of drug-likeness (QED) is 0.564. The summed E-state index contributed by atoms with van der Waals surface area (Å²) < 4.78 is 10.2. The van der Waals surface area contributed by atoms with Gasteiger partial charge in [-0.15, -0.1) is 0 Å². The third-order valence-corrected chi connectivity index (χ3v) is 2.02. The summed E-state index contributed by atoms with van der Waals surface area (Å²) in [5, 5.41) is 12.2. The molecule has 0 aliphatic carbocycles. The fourth-order valence-electron chi connectivity index (χ4n) is 1.28. The Morgan fingerprint density at radius 1 is 1.64 bits per heavy atom. The Kier molecular flexibility index (Phi) is 3.26. The van der Waals surface area contributed by atoms with Crippen LogP contribution in [0.5, 0.6) is 0 Å². The molecule has 2 N–H and O–H groups in total. The van der Waals surface area contributed by atoms with Crippen LogP contribution in [0.3, 0.4) is 0 Å². The monoisotopic (exact) mass is 161 g/mol. The van der Waals surface area contributed by atoms with Gasteiger partial charge in [-0.25, -0.2) is 0 Å². The number of hydrogen-bond acceptors (Lipinski definition) is 4. The fraction of sp³-hybridized carbons (Fsp3) is 1.00. The van der Waals surface area contributed by atoms with E-state index in [4.69, 9.17) is 14.6 Å². The fourth-order valence-corrected chi connectivity index (χ4v) is 1.28. The molecule has 3 atom stereocenters. The normalized spacial score (nSPS) is 39.0. The molecule has 4 heteroatoms. The van der Waals surface area contributed by atoms with Gasteiger partial charge >= 0.3 is 0 Å². The summed E-state index contributed by atoms with van der Waals surface area (Å²) in [5.74, 6) is 0. The Bertz CT molecular complexity index is 120. The van der Waals surface area contributed by atoms with Gasteiger partial charge in [0, 0.05) is 13.5 Å². The van der Waals surface area contributed by atoms with Crippen molar-refractivity contribution >= 4 is 0 Å². The van der Waals surface area contributed by atoms with Crippen LogP contribution in [0, 0.1) is 0 Å². The van der Waals surface area contributed by atoms with E-state index in [-0.39, 0.29) is 12.1 Å². The molecule has 0 amide bonds. The van der Waals surface area contributed by atoms with E-state index in [9.17, 15) is 0 Å². The average Bonchev–Trinajstić information content (AvgIpc) is 2.04. The molecule has 1 fully saturated rings. The van der Waals surface area contributed by atoms with Gasteiger partial charge in [-0.1, -0.05) is 0 Å². The number of rotatable bonds is 2. The first-order valence-electron chi connectivity index (χ1n) is 3.77. The third-order valence-electron chi connectivity index (χ3n) is 2.02. The molecule has 0 saturated carbocycles. The maximum Gasteiger partial charge on any atom is 0.157 e. The minimum Gasteiger partial charge on any atom is -0.380 e.